The molecular weight excluding hydrogens is 252 g/mol. The number of H-pyrrole nitrogens is 1. The number of aryl methyl sites for hydroxylation is 1. The van der Waals surface area contributed by atoms with E-state index in [9.17, 15) is 4.79 Å². The number of terminal acetylenes is 1. The number of aromatic amines is 1. The van der Waals surface area contributed by atoms with Crippen LogP contribution in [0.15, 0.2) is 24.3 Å². The third-order valence-electron chi connectivity index (χ3n) is 3.40. The van der Waals surface area contributed by atoms with Crippen molar-refractivity contribution in [1.82, 2.24) is 15.2 Å². The van der Waals surface area contributed by atoms with E-state index in [1.165, 1.54) is 0 Å². The monoisotopic (exact) mass is 266 g/mol. The highest BCUT2D eigenvalue weighted by Crippen LogP contribution is 2.26. The maximum absolute atomic E-state index is 11.9. The van der Waals surface area contributed by atoms with Gasteiger partial charge in [-0.15, -0.1) is 12.3 Å². The van der Waals surface area contributed by atoms with Gasteiger partial charge in [-0.3, -0.25) is 9.89 Å². The highest BCUT2D eigenvalue weighted by molar-refractivity contribution is 5.96. The summed E-state index contributed by atoms with van der Waals surface area (Å²) in [5, 5.41) is 6.92. The second-order valence-electron chi connectivity index (χ2n) is 4.86. The lowest BCUT2D eigenvalue weighted by Gasteiger charge is -2.16. The third-order valence-corrected chi connectivity index (χ3v) is 3.40. The van der Waals surface area contributed by atoms with Gasteiger partial charge in [0.25, 0.3) is 0 Å². The largest absolute Gasteiger partial charge is 0.311 e. The molecule has 2 heterocycles. The number of amides is 1. The van der Waals surface area contributed by atoms with E-state index in [2.05, 4.69) is 21.1 Å². The summed E-state index contributed by atoms with van der Waals surface area (Å²) >= 11 is 0. The van der Waals surface area contributed by atoms with Crippen LogP contribution in [0.4, 0.5) is 5.69 Å². The van der Waals surface area contributed by atoms with Crippen molar-refractivity contribution in [2.24, 2.45) is 5.92 Å². The summed E-state index contributed by atoms with van der Waals surface area (Å²) in [5.74, 6) is 4.17. The Bertz CT molecular complexity index is 681. The molecule has 1 aromatic heterocycles. The molecule has 3 rings (SSSR count). The van der Waals surface area contributed by atoms with Crippen LogP contribution in [0.5, 0.6) is 0 Å². The Morgan fingerprint density at radius 2 is 2.15 bits per heavy atom. The summed E-state index contributed by atoms with van der Waals surface area (Å²) in [7, 11) is 0. The number of carbonyl (C=O) groups is 1. The Morgan fingerprint density at radius 1 is 1.40 bits per heavy atom. The van der Waals surface area contributed by atoms with Gasteiger partial charge in [-0.1, -0.05) is 0 Å². The Morgan fingerprint density at radius 3 is 2.70 bits per heavy atom. The molecular formula is C15H14N4O. The topological polar surface area (TPSA) is 61.9 Å². The van der Waals surface area contributed by atoms with E-state index in [1.54, 1.807) is 4.90 Å². The second kappa shape index (κ2) is 4.82. The Kier molecular flexibility index (Phi) is 2.99. The zero-order chi connectivity index (χ0) is 14.1. The predicted octanol–water partition coefficient (Wildman–Crippen LogP) is 1.77. The summed E-state index contributed by atoms with van der Waals surface area (Å²) in [6, 6.07) is 7.62. The van der Waals surface area contributed by atoms with Crippen LogP contribution < -0.4 is 4.90 Å². The molecule has 0 aliphatic carbocycles. The van der Waals surface area contributed by atoms with Crippen molar-refractivity contribution in [1.29, 1.82) is 0 Å². The quantitative estimate of drug-likeness (QED) is 0.843. The van der Waals surface area contributed by atoms with Gasteiger partial charge < -0.3 is 4.90 Å². The zero-order valence-electron chi connectivity index (χ0n) is 11.1. The molecule has 1 aliphatic heterocycles. The minimum absolute atomic E-state index is 0.0119. The maximum atomic E-state index is 11.9. The van der Waals surface area contributed by atoms with Crippen molar-refractivity contribution in [3.63, 3.8) is 0 Å². The molecule has 1 saturated heterocycles. The van der Waals surface area contributed by atoms with Crippen molar-refractivity contribution in [2.45, 2.75) is 13.3 Å². The Balaban J connectivity index is 1.83. The van der Waals surface area contributed by atoms with Crippen LogP contribution in [-0.2, 0) is 4.79 Å². The molecule has 0 spiro atoms. The number of anilines is 1. The molecule has 0 bridgehead atoms. The van der Waals surface area contributed by atoms with Crippen molar-refractivity contribution in [3.05, 3.63) is 30.1 Å². The molecule has 0 radical (unpaired) electrons. The van der Waals surface area contributed by atoms with Gasteiger partial charge in [0.2, 0.25) is 5.91 Å². The van der Waals surface area contributed by atoms with E-state index >= 15 is 0 Å². The molecule has 2 aromatic rings. The molecule has 100 valence electrons. The molecule has 1 N–H and O–H groups in total. The fraction of sp³-hybridized carbons (Fsp3) is 0.267. The van der Waals surface area contributed by atoms with Crippen LogP contribution in [-0.4, -0.2) is 27.6 Å². The van der Waals surface area contributed by atoms with Gasteiger partial charge in [0.15, 0.2) is 5.82 Å². The van der Waals surface area contributed by atoms with Crippen LogP contribution in [0, 0.1) is 25.2 Å². The average molecular weight is 266 g/mol. The van der Waals surface area contributed by atoms with Gasteiger partial charge >= 0.3 is 0 Å². The van der Waals surface area contributed by atoms with Crippen molar-refractivity contribution < 1.29 is 4.79 Å². The molecule has 1 aliphatic rings. The number of aromatic nitrogens is 3. The number of benzene rings is 1. The van der Waals surface area contributed by atoms with Crippen LogP contribution in [0.25, 0.3) is 11.4 Å². The minimum atomic E-state index is 0.0119. The zero-order valence-corrected chi connectivity index (χ0v) is 11.1. The van der Waals surface area contributed by atoms with Crippen molar-refractivity contribution >= 4 is 11.6 Å². The van der Waals surface area contributed by atoms with Crippen molar-refractivity contribution in [2.75, 3.05) is 11.4 Å². The van der Waals surface area contributed by atoms with Crippen LogP contribution in [0.2, 0.25) is 0 Å². The van der Waals surface area contributed by atoms with Gasteiger partial charge in [-0.2, -0.15) is 5.10 Å². The van der Waals surface area contributed by atoms with Gasteiger partial charge in [-0.25, -0.2) is 4.98 Å². The average Bonchev–Trinajstić information content (AvgIpc) is 3.05. The second-order valence-corrected chi connectivity index (χ2v) is 4.86. The van der Waals surface area contributed by atoms with Crippen LogP contribution in [0.3, 0.4) is 0 Å². The lowest BCUT2D eigenvalue weighted by molar-refractivity contribution is -0.117. The predicted molar refractivity (Wildman–Crippen MR) is 75.8 cm³/mol. The summed E-state index contributed by atoms with van der Waals surface area (Å²) in [6.07, 6.45) is 5.82. The van der Waals surface area contributed by atoms with Gasteiger partial charge in [-0.05, 0) is 31.2 Å². The molecule has 1 amide bonds. The number of carbonyl (C=O) groups excluding carboxylic acids is 1. The first-order chi connectivity index (χ1) is 9.67. The van der Waals surface area contributed by atoms with Crippen LogP contribution >= 0.6 is 0 Å². The summed E-state index contributed by atoms with van der Waals surface area (Å²) < 4.78 is 0. The normalized spacial score (nSPS) is 18.3. The number of nitrogens with one attached hydrogen (secondary N) is 1. The lowest BCUT2D eigenvalue weighted by atomic mass is 10.1. The fourth-order valence-electron chi connectivity index (χ4n) is 2.33. The molecule has 1 unspecified atom stereocenters. The number of hydrogen-bond acceptors (Lipinski definition) is 3. The summed E-state index contributed by atoms with van der Waals surface area (Å²) in [4.78, 5) is 17.9. The Labute approximate surface area is 117 Å². The maximum Gasteiger partial charge on any atom is 0.228 e. The Hall–Kier alpha value is -2.61. The summed E-state index contributed by atoms with van der Waals surface area (Å²) in [6.45, 7) is 2.45. The standard InChI is InChI=1S/C15H14N4O/c1-3-11-8-14(20)19(9-11)13-6-4-12(5-7-13)15-16-10(2)17-18-15/h1,4-7,11H,8-9H2,2H3,(H,16,17,18). The molecule has 5 heteroatoms. The van der Waals surface area contributed by atoms with Gasteiger partial charge in [0.1, 0.15) is 5.82 Å². The minimum Gasteiger partial charge on any atom is -0.311 e. The van der Waals surface area contributed by atoms with E-state index in [4.69, 9.17) is 6.42 Å². The van der Waals surface area contributed by atoms with E-state index < -0.39 is 0 Å². The van der Waals surface area contributed by atoms with E-state index in [0.29, 0.717) is 18.8 Å². The van der Waals surface area contributed by atoms with Crippen molar-refractivity contribution in [3.8, 4) is 23.7 Å². The molecule has 1 atom stereocenters. The highest BCUT2D eigenvalue weighted by Gasteiger charge is 2.29. The highest BCUT2D eigenvalue weighted by atomic mass is 16.2. The van der Waals surface area contributed by atoms with E-state index in [-0.39, 0.29) is 11.8 Å². The molecule has 0 saturated carbocycles. The van der Waals surface area contributed by atoms with Gasteiger partial charge in [0.05, 0.1) is 0 Å². The number of hydrogen-bond donors (Lipinski definition) is 1. The number of nitrogens with zero attached hydrogens (tertiary/aromatic N) is 3. The smallest absolute Gasteiger partial charge is 0.228 e. The first-order valence-corrected chi connectivity index (χ1v) is 6.43. The van der Waals surface area contributed by atoms with E-state index in [1.807, 2.05) is 31.2 Å². The fourth-order valence-corrected chi connectivity index (χ4v) is 2.33. The molecule has 1 aromatic carbocycles. The molecule has 20 heavy (non-hydrogen) atoms. The first kappa shape index (κ1) is 12.4. The number of rotatable bonds is 2. The summed E-state index contributed by atoms with van der Waals surface area (Å²) in [5.41, 5.74) is 1.78. The molecule has 5 nitrogen and oxygen atoms in total. The molecule has 1 fully saturated rings. The van der Waals surface area contributed by atoms with Gasteiger partial charge in [0, 0.05) is 30.1 Å². The third kappa shape index (κ3) is 2.16. The first-order valence-electron chi connectivity index (χ1n) is 6.43. The van der Waals surface area contributed by atoms with E-state index in [0.717, 1.165) is 17.1 Å². The SMILES string of the molecule is C#CC1CC(=O)N(c2ccc(-c3n[nH]c(C)n3)cc2)C1. The van der Waals surface area contributed by atoms with Crippen LogP contribution in [0.1, 0.15) is 12.2 Å². The lowest BCUT2D eigenvalue weighted by Crippen LogP contribution is -2.24.